The van der Waals surface area contributed by atoms with Gasteiger partial charge < -0.3 is 29.1 Å². The van der Waals surface area contributed by atoms with E-state index in [0.29, 0.717) is 5.56 Å². The first-order valence-electron chi connectivity index (χ1n) is 2.59. The normalized spacial score (nSPS) is 6.15. The number of hydrogen-bond donors (Lipinski definition) is 1. The van der Waals surface area contributed by atoms with Gasteiger partial charge in [0.15, 0.2) is 0 Å². The fourth-order valence-electron chi connectivity index (χ4n) is 0.581. The van der Waals surface area contributed by atoms with Crippen LogP contribution in [0.5, 0.6) is 0 Å². The molecule has 0 atom stereocenters. The van der Waals surface area contributed by atoms with Crippen molar-refractivity contribution in [2.24, 2.45) is 0 Å². The molecule has 0 aromatic heterocycles. The van der Waals surface area contributed by atoms with Crippen LogP contribution in [0, 0.1) is 0 Å². The molecule has 2 nitrogen and oxygen atoms in total. The number of carboxylic acids is 1. The molecule has 0 heterocycles. The van der Waals surface area contributed by atoms with E-state index in [9.17, 15) is 4.79 Å². The van der Waals surface area contributed by atoms with Gasteiger partial charge >= 0.3 is 57.4 Å². The van der Waals surface area contributed by atoms with Crippen molar-refractivity contribution < 1.29 is 85.3 Å². The summed E-state index contributed by atoms with van der Waals surface area (Å²) in [4.78, 5) is 10.2. The number of rotatable bonds is 1. The van der Waals surface area contributed by atoms with E-state index in [1.165, 1.54) is 0 Å². The first-order valence-corrected chi connectivity index (χ1v) is 2.59. The molecule has 0 saturated heterocycles. The topological polar surface area (TPSA) is 37.3 Å². The third kappa shape index (κ3) is 9.36. The number of aromatic carboxylic acids is 1. The second-order valence-electron chi connectivity index (χ2n) is 1.67. The second-order valence-corrected chi connectivity index (χ2v) is 1.67. The summed E-state index contributed by atoms with van der Waals surface area (Å²) >= 11 is 0. The van der Waals surface area contributed by atoms with Crippen LogP contribution in [0.4, 0.5) is 0 Å². The SMILES string of the molecule is C.C.O=C(O)c1ccccc1.[I-].[K+]. The summed E-state index contributed by atoms with van der Waals surface area (Å²) in [5, 5.41) is 8.38. The molecule has 0 aliphatic carbocycles. The maximum absolute atomic E-state index is 10.2. The van der Waals surface area contributed by atoms with Gasteiger partial charge in [-0.25, -0.2) is 4.79 Å². The van der Waals surface area contributed by atoms with Crippen molar-refractivity contribution in [3.05, 3.63) is 35.9 Å². The molecule has 0 spiro atoms. The summed E-state index contributed by atoms with van der Waals surface area (Å²) < 4.78 is 0. The summed E-state index contributed by atoms with van der Waals surface area (Å²) in [6.07, 6.45) is 0. The third-order valence-corrected chi connectivity index (χ3v) is 1.02. The average Bonchev–Trinajstić information content (AvgIpc) is 1.90. The van der Waals surface area contributed by atoms with Crippen molar-refractivity contribution >= 4 is 5.97 Å². The van der Waals surface area contributed by atoms with Gasteiger partial charge in [0.2, 0.25) is 0 Å². The quantitative estimate of drug-likeness (QED) is 0.434. The summed E-state index contributed by atoms with van der Waals surface area (Å²) in [7, 11) is 0. The van der Waals surface area contributed by atoms with Crippen molar-refractivity contribution in [3.63, 3.8) is 0 Å². The van der Waals surface area contributed by atoms with E-state index in [1.807, 2.05) is 0 Å². The number of halogens is 1. The predicted octanol–water partition coefficient (Wildman–Crippen LogP) is -3.33. The van der Waals surface area contributed by atoms with Crippen LogP contribution in [0.1, 0.15) is 25.2 Å². The maximum Gasteiger partial charge on any atom is 1.00 e. The molecule has 0 aliphatic rings. The monoisotopic (exact) mass is 320 g/mol. The summed E-state index contributed by atoms with van der Waals surface area (Å²) in [5.41, 5.74) is 0.331. The molecule has 1 aromatic carbocycles. The zero-order chi connectivity index (χ0) is 6.69. The molecule has 1 aromatic rings. The Morgan fingerprint density at radius 1 is 1.08 bits per heavy atom. The van der Waals surface area contributed by atoms with E-state index in [-0.39, 0.29) is 90.2 Å². The van der Waals surface area contributed by atoms with Crippen LogP contribution in [0.25, 0.3) is 0 Å². The molecule has 0 bridgehead atoms. The Kier molecular flexibility index (Phi) is 23.8. The fraction of sp³-hybridized carbons (Fsp3) is 0.222. The standard InChI is InChI=1S/C7H6O2.2CH4.HI.K/c8-7(9)6-4-2-1-3-5-6;;;;/h1-5H,(H,8,9);2*1H4;1H;/q;;;;+1/p-1. The van der Waals surface area contributed by atoms with E-state index >= 15 is 0 Å². The van der Waals surface area contributed by atoms with Gasteiger partial charge in [-0.05, 0) is 12.1 Å². The van der Waals surface area contributed by atoms with Crippen LogP contribution in [-0.2, 0) is 0 Å². The summed E-state index contributed by atoms with van der Waals surface area (Å²) in [6, 6.07) is 8.30. The van der Waals surface area contributed by atoms with Gasteiger partial charge in [0.25, 0.3) is 0 Å². The maximum atomic E-state index is 10.2. The number of benzene rings is 1. The van der Waals surface area contributed by atoms with Crippen LogP contribution in [0.2, 0.25) is 0 Å². The largest absolute Gasteiger partial charge is 1.00 e. The molecule has 0 fully saturated rings. The van der Waals surface area contributed by atoms with Crippen molar-refractivity contribution in [2.45, 2.75) is 14.9 Å². The van der Waals surface area contributed by atoms with Crippen LogP contribution < -0.4 is 75.4 Å². The number of carboxylic acid groups (broad SMARTS) is 1. The Labute approximate surface area is 140 Å². The molecule has 0 amide bonds. The Balaban J connectivity index is -0.000000101. The van der Waals surface area contributed by atoms with Crippen LogP contribution in [0.15, 0.2) is 30.3 Å². The minimum atomic E-state index is -0.879. The van der Waals surface area contributed by atoms with Gasteiger partial charge in [0.05, 0.1) is 5.56 Å². The van der Waals surface area contributed by atoms with E-state index in [4.69, 9.17) is 5.11 Å². The Hall–Kier alpha value is 1.06. The Bertz CT molecular complexity index is 214. The van der Waals surface area contributed by atoms with Gasteiger partial charge in [-0.2, -0.15) is 0 Å². The fourth-order valence-corrected chi connectivity index (χ4v) is 0.581. The molecule has 0 radical (unpaired) electrons. The van der Waals surface area contributed by atoms with Crippen molar-refractivity contribution in [2.75, 3.05) is 0 Å². The molecule has 70 valence electrons. The third-order valence-electron chi connectivity index (χ3n) is 1.02. The number of carbonyl (C=O) groups is 1. The second kappa shape index (κ2) is 13.1. The van der Waals surface area contributed by atoms with Gasteiger partial charge in [0.1, 0.15) is 0 Å². The van der Waals surface area contributed by atoms with Crippen LogP contribution >= 0.6 is 0 Å². The van der Waals surface area contributed by atoms with E-state index in [1.54, 1.807) is 30.3 Å². The first-order chi connectivity index (χ1) is 4.30. The zero-order valence-electron chi connectivity index (χ0n) is 6.12. The van der Waals surface area contributed by atoms with Gasteiger partial charge in [0, 0.05) is 0 Å². The summed E-state index contributed by atoms with van der Waals surface area (Å²) in [6.45, 7) is 0. The molecule has 1 rings (SSSR count). The van der Waals surface area contributed by atoms with Crippen LogP contribution in [0.3, 0.4) is 0 Å². The molecule has 0 saturated carbocycles. The zero-order valence-corrected chi connectivity index (χ0v) is 11.4. The van der Waals surface area contributed by atoms with Gasteiger partial charge in [-0.3, -0.25) is 0 Å². The van der Waals surface area contributed by atoms with Gasteiger partial charge in [-0.1, -0.05) is 33.1 Å². The van der Waals surface area contributed by atoms with E-state index in [0.717, 1.165) is 0 Å². The van der Waals surface area contributed by atoms with E-state index in [2.05, 4.69) is 0 Å². The van der Waals surface area contributed by atoms with Gasteiger partial charge in [-0.15, -0.1) is 0 Å². The summed E-state index contributed by atoms with van der Waals surface area (Å²) in [5.74, 6) is -0.879. The Morgan fingerprint density at radius 3 is 1.69 bits per heavy atom. The molecule has 4 heteroatoms. The Morgan fingerprint density at radius 2 is 1.46 bits per heavy atom. The minimum Gasteiger partial charge on any atom is -1.00 e. The molecular formula is C9H14IKO2. The predicted molar refractivity (Wildman–Crippen MR) is 46.9 cm³/mol. The van der Waals surface area contributed by atoms with Crippen molar-refractivity contribution in [1.82, 2.24) is 0 Å². The molecule has 13 heavy (non-hydrogen) atoms. The molecule has 1 N–H and O–H groups in total. The molecule has 0 aliphatic heterocycles. The van der Waals surface area contributed by atoms with Crippen LogP contribution in [-0.4, -0.2) is 11.1 Å². The smallest absolute Gasteiger partial charge is 1.00 e. The number of hydrogen-bond acceptors (Lipinski definition) is 1. The average molecular weight is 320 g/mol. The van der Waals surface area contributed by atoms with Crippen molar-refractivity contribution in [1.29, 1.82) is 0 Å². The first kappa shape index (κ1) is 23.7. The van der Waals surface area contributed by atoms with E-state index < -0.39 is 5.97 Å². The van der Waals surface area contributed by atoms with Crippen molar-refractivity contribution in [3.8, 4) is 0 Å². The molecular weight excluding hydrogens is 306 g/mol. The minimum absolute atomic E-state index is 0. The molecule has 0 unspecified atom stereocenters.